The van der Waals surface area contributed by atoms with Gasteiger partial charge in [0.25, 0.3) is 0 Å². The second-order valence-corrected chi connectivity index (χ2v) is 3.48. The first-order chi connectivity index (χ1) is 6.75. The molecule has 2 atom stereocenters. The zero-order chi connectivity index (χ0) is 9.97. The number of benzene rings is 1. The Morgan fingerprint density at radius 2 is 2.14 bits per heavy atom. The van der Waals surface area contributed by atoms with E-state index in [4.69, 9.17) is 9.47 Å². The first-order valence-corrected chi connectivity index (χ1v) is 4.74. The highest BCUT2D eigenvalue weighted by Gasteiger charge is 2.23. The fourth-order valence-corrected chi connectivity index (χ4v) is 1.25. The van der Waals surface area contributed by atoms with Crippen molar-refractivity contribution in [3.8, 4) is 0 Å². The lowest BCUT2D eigenvalue weighted by atomic mass is 10.1. The topological polar surface area (TPSA) is 21.8 Å². The summed E-state index contributed by atoms with van der Waals surface area (Å²) in [4.78, 5) is 0. The number of rotatable bonds is 4. The van der Waals surface area contributed by atoms with Gasteiger partial charge in [-0.1, -0.05) is 12.1 Å². The lowest BCUT2D eigenvalue weighted by Crippen LogP contribution is -2.05. The van der Waals surface area contributed by atoms with Gasteiger partial charge in [-0.2, -0.15) is 0 Å². The van der Waals surface area contributed by atoms with Gasteiger partial charge in [0, 0.05) is 0 Å². The minimum Gasteiger partial charge on any atom is -0.371 e. The highest BCUT2D eigenvalue weighted by Crippen LogP contribution is 2.19. The van der Waals surface area contributed by atoms with Gasteiger partial charge in [0.05, 0.1) is 19.3 Å². The minimum atomic E-state index is -0.216. The summed E-state index contributed by atoms with van der Waals surface area (Å²) in [6, 6.07) is 6.38. The smallest absolute Gasteiger partial charge is 0.123 e. The standard InChI is InChI=1S/C11H13FO2/c1-8(13-6-11-7-14-11)9-2-4-10(12)5-3-9/h2-5,8,11H,6-7H2,1H3/t8-,11-/m0/s1. The predicted molar refractivity (Wildman–Crippen MR) is 50.5 cm³/mol. The van der Waals surface area contributed by atoms with Gasteiger partial charge < -0.3 is 9.47 Å². The lowest BCUT2D eigenvalue weighted by molar-refractivity contribution is 0.0539. The van der Waals surface area contributed by atoms with Crippen LogP contribution in [0.3, 0.4) is 0 Å². The number of epoxide rings is 1. The zero-order valence-corrected chi connectivity index (χ0v) is 8.07. The van der Waals surface area contributed by atoms with E-state index in [2.05, 4.69) is 0 Å². The molecule has 1 heterocycles. The third-order valence-corrected chi connectivity index (χ3v) is 2.27. The highest BCUT2D eigenvalue weighted by molar-refractivity contribution is 5.18. The molecule has 0 N–H and O–H groups in total. The van der Waals surface area contributed by atoms with E-state index in [9.17, 15) is 4.39 Å². The van der Waals surface area contributed by atoms with E-state index in [1.165, 1.54) is 12.1 Å². The molecule has 1 aliphatic heterocycles. The molecule has 0 spiro atoms. The first kappa shape index (κ1) is 9.62. The maximum Gasteiger partial charge on any atom is 0.123 e. The van der Waals surface area contributed by atoms with Crippen LogP contribution in [0.25, 0.3) is 0 Å². The average Bonchev–Trinajstić information content (AvgIpc) is 2.99. The SMILES string of the molecule is C[C@H](OC[C@H]1CO1)c1ccc(F)cc1. The van der Waals surface area contributed by atoms with Gasteiger partial charge in [-0.3, -0.25) is 0 Å². The quantitative estimate of drug-likeness (QED) is 0.689. The molecule has 1 aromatic rings. The molecule has 76 valence electrons. The van der Waals surface area contributed by atoms with Crippen LogP contribution in [0.2, 0.25) is 0 Å². The highest BCUT2D eigenvalue weighted by atomic mass is 19.1. The molecule has 0 amide bonds. The van der Waals surface area contributed by atoms with Gasteiger partial charge in [-0.25, -0.2) is 4.39 Å². The van der Waals surface area contributed by atoms with Crippen molar-refractivity contribution in [3.63, 3.8) is 0 Å². The van der Waals surface area contributed by atoms with Gasteiger partial charge >= 0.3 is 0 Å². The first-order valence-electron chi connectivity index (χ1n) is 4.74. The summed E-state index contributed by atoms with van der Waals surface area (Å²) in [5, 5.41) is 0. The van der Waals surface area contributed by atoms with Gasteiger partial charge in [0.2, 0.25) is 0 Å². The van der Waals surface area contributed by atoms with Crippen molar-refractivity contribution in [2.45, 2.75) is 19.1 Å². The Morgan fingerprint density at radius 3 is 2.71 bits per heavy atom. The van der Waals surface area contributed by atoms with Crippen molar-refractivity contribution in [2.75, 3.05) is 13.2 Å². The summed E-state index contributed by atoms with van der Waals surface area (Å²) in [6.07, 6.45) is 0.276. The van der Waals surface area contributed by atoms with E-state index >= 15 is 0 Å². The average molecular weight is 196 g/mol. The Hall–Kier alpha value is -0.930. The molecule has 2 nitrogen and oxygen atoms in total. The van der Waals surface area contributed by atoms with Gasteiger partial charge in [-0.15, -0.1) is 0 Å². The fraction of sp³-hybridized carbons (Fsp3) is 0.455. The third-order valence-electron chi connectivity index (χ3n) is 2.27. The molecule has 1 aromatic carbocycles. The van der Waals surface area contributed by atoms with E-state index in [1.54, 1.807) is 12.1 Å². The maximum absolute atomic E-state index is 12.6. The Balaban J connectivity index is 1.88. The molecule has 2 rings (SSSR count). The van der Waals surface area contributed by atoms with Crippen LogP contribution >= 0.6 is 0 Å². The molecular weight excluding hydrogens is 183 g/mol. The summed E-state index contributed by atoms with van der Waals surface area (Å²) in [7, 11) is 0. The van der Waals surface area contributed by atoms with Crippen molar-refractivity contribution in [2.24, 2.45) is 0 Å². The molecular formula is C11H13FO2. The van der Waals surface area contributed by atoms with Crippen molar-refractivity contribution < 1.29 is 13.9 Å². The Kier molecular flexibility index (Phi) is 2.79. The second-order valence-electron chi connectivity index (χ2n) is 3.48. The van der Waals surface area contributed by atoms with Crippen LogP contribution in [-0.4, -0.2) is 19.3 Å². The number of ether oxygens (including phenoxy) is 2. The number of halogens is 1. The van der Waals surface area contributed by atoms with E-state index in [-0.39, 0.29) is 18.0 Å². The Labute approximate surface area is 82.6 Å². The minimum absolute atomic E-state index is 0.000185. The molecule has 1 fully saturated rings. The molecule has 1 aliphatic rings. The van der Waals surface area contributed by atoms with E-state index < -0.39 is 0 Å². The maximum atomic E-state index is 12.6. The van der Waals surface area contributed by atoms with E-state index in [1.807, 2.05) is 6.92 Å². The van der Waals surface area contributed by atoms with Crippen LogP contribution in [0.4, 0.5) is 4.39 Å². The van der Waals surface area contributed by atoms with Crippen LogP contribution < -0.4 is 0 Å². The van der Waals surface area contributed by atoms with Crippen LogP contribution in [0.15, 0.2) is 24.3 Å². The van der Waals surface area contributed by atoms with Gasteiger partial charge in [0.15, 0.2) is 0 Å². The molecule has 0 bridgehead atoms. The number of hydrogen-bond donors (Lipinski definition) is 0. The molecule has 0 aromatic heterocycles. The molecule has 3 heteroatoms. The number of hydrogen-bond acceptors (Lipinski definition) is 2. The predicted octanol–water partition coefficient (Wildman–Crippen LogP) is 2.30. The van der Waals surface area contributed by atoms with Crippen LogP contribution in [0.1, 0.15) is 18.6 Å². The monoisotopic (exact) mass is 196 g/mol. The lowest BCUT2D eigenvalue weighted by Gasteiger charge is -2.12. The summed E-state index contributed by atoms with van der Waals surface area (Å²) in [5.41, 5.74) is 0.993. The van der Waals surface area contributed by atoms with Gasteiger partial charge in [0.1, 0.15) is 11.9 Å². The summed E-state index contributed by atoms with van der Waals surface area (Å²) in [6.45, 7) is 3.38. The Bertz CT molecular complexity index is 293. The Morgan fingerprint density at radius 1 is 1.50 bits per heavy atom. The zero-order valence-electron chi connectivity index (χ0n) is 8.07. The summed E-state index contributed by atoms with van der Waals surface area (Å²) < 4.78 is 23.2. The largest absolute Gasteiger partial charge is 0.371 e. The van der Waals surface area contributed by atoms with Crippen LogP contribution in [0, 0.1) is 5.82 Å². The second kappa shape index (κ2) is 4.07. The summed E-state index contributed by atoms with van der Waals surface area (Å²) >= 11 is 0. The van der Waals surface area contributed by atoms with Crippen molar-refractivity contribution in [1.82, 2.24) is 0 Å². The van der Waals surface area contributed by atoms with Crippen molar-refractivity contribution >= 4 is 0 Å². The molecule has 0 saturated carbocycles. The summed E-state index contributed by atoms with van der Waals surface area (Å²) in [5.74, 6) is -0.216. The van der Waals surface area contributed by atoms with Crippen LogP contribution in [0.5, 0.6) is 0 Å². The normalized spacial score (nSPS) is 22.0. The van der Waals surface area contributed by atoms with Crippen LogP contribution in [-0.2, 0) is 9.47 Å². The molecule has 14 heavy (non-hydrogen) atoms. The van der Waals surface area contributed by atoms with E-state index in [0.717, 1.165) is 12.2 Å². The van der Waals surface area contributed by atoms with E-state index in [0.29, 0.717) is 6.61 Å². The van der Waals surface area contributed by atoms with Crippen molar-refractivity contribution in [3.05, 3.63) is 35.6 Å². The molecule has 1 saturated heterocycles. The molecule has 0 unspecified atom stereocenters. The molecule has 0 aliphatic carbocycles. The van der Waals surface area contributed by atoms with Gasteiger partial charge in [-0.05, 0) is 24.6 Å². The van der Waals surface area contributed by atoms with Crippen molar-refractivity contribution in [1.29, 1.82) is 0 Å². The third kappa shape index (κ3) is 2.53. The molecule has 0 radical (unpaired) electrons. The fourth-order valence-electron chi connectivity index (χ4n) is 1.25.